The van der Waals surface area contributed by atoms with Gasteiger partial charge in [0.2, 0.25) is 5.75 Å². The molecule has 0 fully saturated rings. The van der Waals surface area contributed by atoms with Crippen molar-refractivity contribution in [3.8, 4) is 28.6 Å². The molecule has 0 aliphatic rings. The van der Waals surface area contributed by atoms with Gasteiger partial charge in [-0.05, 0) is 48.5 Å². The van der Waals surface area contributed by atoms with E-state index in [1.165, 1.54) is 7.11 Å². The third-order valence-electron chi connectivity index (χ3n) is 3.93. The summed E-state index contributed by atoms with van der Waals surface area (Å²) in [6.45, 7) is 0. The number of rotatable bonds is 7. The van der Waals surface area contributed by atoms with Gasteiger partial charge in [0, 0.05) is 16.7 Å². The molecule has 0 amide bonds. The molecule has 0 aliphatic heterocycles. The van der Waals surface area contributed by atoms with E-state index in [0.717, 1.165) is 5.56 Å². The Morgan fingerprint density at radius 2 is 1.57 bits per heavy atom. The van der Waals surface area contributed by atoms with Crippen LogP contribution in [0.5, 0.6) is 11.5 Å². The van der Waals surface area contributed by atoms with Crippen molar-refractivity contribution in [2.45, 2.75) is 5.16 Å². The number of aromatic nitrogens is 3. The van der Waals surface area contributed by atoms with Crippen LogP contribution in [0.15, 0.2) is 53.7 Å². The smallest absolute Gasteiger partial charge is 0.362 e. The van der Waals surface area contributed by atoms with E-state index in [-0.39, 0.29) is 10.9 Å². The minimum absolute atomic E-state index is 0.0482. The first-order valence-electron chi connectivity index (χ1n) is 8.27. The maximum absolute atomic E-state index is 12.5. The average molecular weight is 401 g/mol. The fraction of sp³-hybridized carbons (Fsp3) is 0.211. The number of ether oxygens (including phenoxy) is 3. The number of hydrogen-bond acceptors (Lipinski definition) is 7. The minimum atomic E-state index is -1.73. The molecule has 0 aliphatic carbocycles. The highest BCUT2D eigenvalue weighted by Crippen LogP contribution is 2.26. The quantitative estimate of drug-likeness (QED) is 0.442. The molecule has 2 aromatic carbocycles. The SMILES string of the molecule is COC(=O)C[S+]([O-])c1nc(-c2ccc(OC)cc2)n(-c2ccc(OC)cc2)n1. The van der Waals surface area contributed by atoms with Crippen LogP contribution in [0.2, 0.25) is 0 Å². The van der Waals surface area contributed by atoms with Gasteiger partial charge >= 0.3 is 11.1 Å². The summed E-state index contributed by atoms with van der Waals surface area (Å²) >= 11 is -1.73. The molecule has 8 nitrogen and oxygen atoms in total. The summed E-state index contributed by atoms with van der Waals surface area (Å²) in [5, 5.41) is 4.42. The standard InChI is InChI=1S/C19H19N3O5S/c1-25-15-8-4-13(5-9-15)18-20-19(28(24)12-17(23)27-3)21-22(18)14-6-10-16(26-2)11-7-14/h4-11H,12H2,1-3H3. The monoisotopic (exact) mass is 401 g/mol. The van der Waals surface area contributed by atoms with Gasteiger partial charge in [-0.15, -0.1) is 0 Å². The summed E-state index contributed by atoms with van der Waals surface area (Å²) in [6, 6.07) is 14.5. The second-order valence-corrected chi connectivity index (χ2v) is 6.97. The van der Waals surface area contributed by atoms with Crippen molar-refractivity contribution in [2.75, 3.05) is 27.1 Å². The second kappa shape index (κ2) is 8.77. The van der Waals surface area contributed by atoms with E-state index in [9.17, 15) is 9.35 Å². The number of esters is 1. The van der Waals surface area contributed by atoms with Gasteiger partial charge in [-0.1, -0.05) is 5.10 Å². The molecule has 146 valence electrons. The van der Waals surface area contributed by atoms with Crippen LogP contribution in [0, 0.1) is 0 Å². The van der Waals surface area contributed by atoms with Gasteiger partial charge in [0.1, 0.15) is 11.5 Å². The van der Waals surface area contributed by atoms with Gasteiger partial charge in [0.05, 0.1) is 27.0 Å². The number of carbonyl (C=O) groups excluding carboxylic acids is 1. The molecule has 0 saturated carbocycles. The van der Waals surface area contributed by atoms with E-state index in [1.807, 2.05) is 24.3 Å². The molecule has 3 rings (SSSR count). The van der Waals surface area contributed by atoms with Crippen molar-refractivity contribution in [1.82, 2.24) is 14.8 Å². The zero-order valence-electron chi connectivity index (χ0n) is 15.6. The van der Waals surface area contributed by atoms with Gasteiger partial charge in [-0.3, -0.25) is 0 Å². The number of methoxy groups -OCH3 is 3. The average Bonchev–Trinajstić information content (AvgIpc) is 3.19. The lowest BCUT2D eigenvalue weighted by atomic mass is 10.2. The number of benzene rings is 2. The van der Waals surface area contributed by atoms with Crippen molar-refractivity contribution >= 4 is 17.1 Å². The molecule has 28 heavy (non-hydrogen) atoms. The van der Waals surface area contributed by atoms with Crippen LogP contribution < -0.4 is 9.47 Å². The highest BCUT2D eigenvalue weighted by Gasteiger charge is 2.25. The van der Waals surface area contributed by atoms with Gasteiger partial charge in [-0.2, -0.15) is 4.98 Å². The number of hydrogen-bond donors (Lipinski definition) is 0. The van der Waals surface area contributed by atoms with Crippen molar-refractivity contribution in [2.24, 2.45) is 0 Å². The van der Waals surface area contributed by atoms with Gasteiger partial charge in [0.15, 0.2) is 5.82 Å². The Hall–Kier alpha value is -3.04. The molecule has 1 unspecified atom stereocenters. The van der Waals surface area contributed by atoms with Crippen LogP contribution in [0.1, 0.15) is 0 Å². The van der Waals surface area contributed by atoms with Crippen molar-refractivity contribution in [1.29, 1.82) is 0 Å². The number of carbonyl (C=O) groups is 1. The first kappa shape index (κ1) is 19.7. The van der Waals surface area contributed by atoms with Gasteiger partial charge < -0.3 is 18.8 Å². The van der Waals surface area contributed by atoms with E-state index >= 15 is 0 Å². The van der Waals surface area contributed by atoms with Crippen LogP contribution >= 0.6 is 0 Å². The predicted octanol–water partition coefficient (Wildman–Crippen LogP) is 2.23. The first-order valence-corrected chi connectivity index (χ1v) is 9.58. The Morgan fingerprint density at radius 3 is 2.11 bits per heavy atom. The molecule has 0 saturated heterocycles. The van der Waals surface area contributed by atoms with E-state index in [0.29, 0.717) is 23.0 Å². The van der Waals surface area contributed by atoms with Crippen LogP contribution in [0.4, 0.5) is 0 Å². The van der Waals surface area contributed by atoms with E-state index in [4.69, 9.17) is 9.47 Å². The van der Waals surface area contributed by atoms with E-state index in [1.54, 1.807) is 43.2 Å². The Balaban J connectivity index is 2.04. The van der Waals surface area contributed by atoms with Crippen LogP contribution in [0.3, 0.4) is 0 Å². The lowest BCUT2D eigenvalue weighted by Gasteiger charge is -2.07. The Morgan fingerprint density at radius 1 is 1.00 bits per heavy atom. The number of nitrogens with zero attached hydrogens (tertiary/aromatic N) is 3. The molecule has 3 aromatic rings. The normalized spacial score (nSPS) is 11.7. The molecule has 0 radical (unpaired) electrons. The first-order chi connectivity index (χ1) is 13.5. The van der Waals surface area contributed by atoms with E-state index < -0.39 is 17.1 Å². The fourth-order valence-corrected chi connectivity index (χ4v) is 3.27. The summed E-state index contributed by atoms with van der Waals surface area (Å²) in [5.41, 5.74) is 1.46. The zero-order chi connectivity index (χ0) is 20.1. The lowest BCUT2D eigenvalue weighted by Crippen LogP contribution is -2.18. The Bertz CT molecular complexity index is 876. The molecule has 0 N–H and O–H groups in total. The maximum atomic E-state index is 12.5. The summed E-state index contributed by atoms with van der Waals surface area (Å²) in [5.74, 6) is 0.981. The lowest BCUT2D eigenvalue weighted by molar-refractivity contribution is -0.137. The summed E-state index contributed by atoms with van der Waals surface area (Å²) < 4.78 is 29.0. The molecular weight excluding hydrogens is 382 g/mol. The van der Waals surface area contributed by atoms with Gasteiger partial charge in [0.25, 0.3) is 0 Å². The maximum Gasteiger partial charge on any atom is 0.362 e. The van der Waals surface area contributed by atoms with Crippen molar-refractivity contribution < 1.29 is 23.6 Å². The summed E-state index contributed by atoms with van der Waals surface area (Å²) in [4.78, 5) is 15.9. The molecule has 1 atom stereocenters. The van der Waals surface area contributed by atoms with Crippen LogP contribution in [0.25, 0.3) is 17.1 Å². The third-order valence-corrected chi connectivity index (χ3v) is 5.01. The largest absolute Gasteiger partial charge is 0.608 e. The topological polar surface area (TPSA) is 98.5 Å². The third kappa shape index (κ3) is 4.26. The Labute approximate surface area is 165 Å². The minimum Gasteiger partial charge on any atom is -0.608 e. The molecular formula is C19H19N3O5S. The zero-order valence-corrected chi connectivity index (χ0v) is 16.4. The summed E-state index contributed by atoms with van der Waals surface area (Å²) in [6.07, 6.45) is 0. The molecule has 0 bridgehead atoms. The fourth-order valence-electron chi connectivity index (χ4n) is 2.45. The molecule has 1 aromatic heterocycles. The summed E-state index contributed by atoms with van der Waals surface area (Å²) in [7, 11) is 4.41. The molecule has 0 spiro atoms. The highest BCUT2D eigenvalue weighted by atomic mass is 32.2. The molecule has 1 heterocycles. The van der Waals surface area contributed by atoms with E-state index in [2.05, 4.69) is 14.8 Å². The highest BCUT2D eigenvalue weighted by molar-refractivity contribution is 7.91. The Kier molecular flexibility index (Phi) is 6.17. The van der Waals surface area contributed by atoms with Gasteiger partial charge in [-0.25, -0.2) is 9.48 Å². The van der Waals surface area contributed by atoms with Crippen LogP contribution in [-0.4, -0.2) is 52.4 Å². The van der Waals surface area contributed by atoms with Crippen molar-refractivity contribution in [3.63, 3.8) is 0 Å². The predicted molar refractivity (Wildman–Crippen MR) is 103 cm³/mol. The van der Waals surface area contributed by atoms with Crippen molar-refractivity contribution in [3.05, 3.63) is 48.5 Å². The second-order valence-electron chi connectivity index (χ2n) is 5.62. The van der Waals surface area contributed by atoms with Crippen LogP contribution in [-0.2, 0) is 20.7 Å². The molecule has 9 heteroatoms.